The van der Waals surface area contributed by atoms with Gasteiger partial charge in [0, 0.05) is 5.56 Å². The highest BCUT2D eigenvalue weighted by Gasteiger charge is 2.27. The summed E-state index contributed by atoms with van der Waals surface area (Å²) in [5.74, 6) is -11.7. The van der Waals surface area contributed by atoms with Gasteiger partial charge in [-0.3, -0.25) is 0 Å². The third kappa shape index (κ3) is 4.64. The quantitative estimate of drug-likeness (QED) is 0.269. The first-order valence-electron chi connectivity index (χ1n) is 5.62. The summed E-state index contributed by atoms with van der Waals surface area (Å²) in [6, 6.07) is 4.22. The summed E-state index contributed by atoms with van der Waals surface area (Å²) < 4.78 is 78.8. The smallest absolute Gasteiger partial charge is 0.222 e. The Kier molecular flexibility index (Phi) is 8.42. The lowest BCUT2D eigenvalue weighted by atomic mass is 10.0. The van der Waals surface area contributed by atoms with E-state index in [9.17, 15) is 26.3 Å². The van der Waals surface area contributed by atoms with Gasteiger partial charge in [0.15, 0.2) is 23.3 Å². The largest absolute Gasteiger partial charge is 0.231 e. The van der Waals surface area contributed by atoms with Crippen LogP contribution in [0.1, 0.15) is 0 Å². The molecule has 0 aromatic heterocycles. The molecule has 0 bridgehead atoms. The minimum Gasteiger partial charge on any atom is -0.222 e. The molecule has 0 amide bonds. The summed E-state index contributed by atoms with van der Waals surface area (Å²) in [6.45, 7) is 0. The van der Waals surface area contributed by atoms with Crippen LogP contribution >= 0.6 is 0 Å². The molecule has 0 aliphatic rings. The number of hydrogen-bond acceptors (Lipinski definition) is 4. The number of nitrogens with one attached hydrogen (secondary N) is 2. The zero-order valence-electron chi connectivity index (χ0n) is 11.4. The van der Waals surface area contributed by atoms with Crippen molar-refractivity contribution >= 4 is 12.2 Å². The molecule has 2 rings (SSSR count). The van der Waals surface area contributed by atoms with Crippen molar-refractivity contribution < 1.29 is 35.9 Å². The van der Waals surface area contributed by atoms with E-state index in [2.05, 4.69) is 0 Å². The molecule has 0 unspecified atom stereocenters. The third-order valence-corrected chi connectivity index (χ3v) is 2.35. The number of hydrogen-bond donors (Lipinski definition) is 2. The van der Waals surface area contributed by atoms with Crippen LogP contribution in [-0.2, 0) is 9.59 Å². The maximum absolute atomic E-state index is 13.4. The van der Waals surface area contributed by atoms with Gasteiger partial charge in [-0.15, -0.1) is 0 Å². The number of carbonyl (C=O) groups excluding carboxylic acids is 2. The summed E-state index contributed by atoms with van der Waals surface area (Å²) in [5.41, 5.74) is -1.96. The predicted octanol–water partition coefficient (Wildman–Crippen LogP) is 3.99. The van der Waals surface area contributed by atoms with E-state index in [-0.39, 0.29) is 0 Å². The Morgan fingerprint density at radius 2 is 1.00 bits per heavy atom. The molecule has 0 saturated carbocycles. The van der Waals surface area contributed by atoms with Gasteiger partial charge in [-0.05, 0) is 6.07 Å². The van der Waals surface area contributed by atoms with Crippen LogP contribution in [0.2, 0.25) is 0 Å². The van der Waals surface area contributed by atoms with Crippen molar-refractivity contribution in [2.75, 3.05) is 0 Å². The van der Waals surface area contributed by atoms with Gasteiger partial charge >= 0.3 is 0 Å². The molecule has 0 radical (unpaired) electrons. The molecule has 0 saturated heterocycles. The molecular formula is C14H6F6N2O2. The molecule has 0 aliphatic carbocycles. The zero-order chi connectivity index (χ0) is 18.9. The van der Waals surface area contributed by atoms with Crippen molar-refractivity contribution in [1.29, 1.82) is 10.8 Å². The van der Waals surface area contributed by atoms with Crippen LogP contribution in [0.5, 0.6) is 0 Å². The van der Waals surface area contributed by atoms with E-state index >= 15 is 0 Å². The minimum atomic E-state index is -2.27. The van der Waals surface area contributed by atoms with Gasteiger partial charge in [-0.2, -0.15) is 0 Å². The fourth-order valence-corrected chi connectivity index (χ4v) is 1.51. The van der Waals surface area contributed by atoms with Crippen LogP contribution in [0.4, 0.5) is 26.3 Å². The molecule has 2 aromatic rings. The van der Waals surface area contributed by atoms with Gasteiger partial charge < -0.3 is 0 Å². The Morgan fingerprint density at radius 3 is 1.38 bits per heavy atom. The molecule has 126 valence electrons. The molecule has 0 heterocycles. The second-order valence-corrected chi connectivity index (χ2v) is 3.63. The molecule has 0 atom stereocenters. The topological polar surface area (TPSA) is 81.8 Å². The highest BCUT2D eigenvalue weighted by atomic mass is 19.2. The minimum absolute atomic E-state index is 0.690. The van der Waals surface area contributed by atoms with Gasteiger partial charge in [-0.1, -0.05) is 18.2 Å². The van der Waals surface area contributed by atoms with Gasteiger partial charge in [0.1, 0.15) is 5.82 Å². The van der Waals surface area contributed by atoms with Crippen LogP contribution in [0.25, 0.3) is 11.1 Å². The molecule has 2 N–H and O–H groups in total. The van der Waals surface area contributed by atoms with Crippen molar-refractivity contribution in [2.45, 2.75) is 0 Å². The normalized spacial score (nSPS) is 8.75. The second kappa shape index (κ2) is 9.73. The number of isocyanates is 2. The SMILES string of the molecule is Fc1ccccc1-c1c(F)c(F)c(F)c(F)c1F.N=C=O.N=C=O. The average molecular weight is 348 g/mol. The zero-order valence-corrected chi connectivity index (χ0v) is 11.4. The Morgan fingerprint density at radius 1 is 0.667 bits per heavy atom. The molecule has 0 aliphatic heterocycles. The molecule has 0 fully saturated rings. The first-order valence-corrected chi connectivity index (χ1v) is 5.62. The fourth-order valence-electron chi connectivity index (χ4n) is 1.51. The number of benzene rings is 2. The molecule has 4 nitrogen and oxygen atoms in total. The number of halogens is 6. The highest BCUT2D eigenvalue weighted by Crippen LogP contribution is 2.32. The maximum Gasteiger partial charge on any atom is 0.231 e. The van der Waals surface area contributed by atoms with Crippen molar-refractivity contribution in [3.8, 4) is 11.1 Å². The molecule has 10 heteroatoms. The fraction of sp³-hybridized carbons (Fsp3) is 0. The van der Waals surface area contributed by atoms with Gasteiger partial charge in [0.05, 0.1) is 5.56 Å². The first-order chi connectivity index (χ1) is 11.3. The molecule has 0 spiro atoms. The van der Waals surface area contributed by atoms with Gasteiger partial charge in [0.2, 0.25) is 18.0 Å². The monoisotopic (exact) mass is 348 g/mol. The lowest BCUT2D eigenvalue weighted by Crippen LogP contribution is -2.04. The van der Waals surface area contributed by atoms with Crippen LogP contribution in [0.3, 0.4) is 0 Å². The van der Waals surface area contributed by atoms with Crippen molar-refractivity contribution in [3.63, 3.8) is 0 Å². The highest BCUT2D eigenvalue weighted by molar-refractivity contribution is 5.65. The standard InChI is InChI=1S/C12H4F6.2CHNO/c13-6-4-2-1-3-5(6)7-8(14)10(16)12(18)11(17)9(7)15;2*2-1-3/h1-4H;2*2H. The maximum atomic E-state index is 13.4. The van der Waals surface area contributed by atoms with E-state index in [1.54, 1.807) is 0 Å². The van der Waals surface area contributed by atoms with E-state index in [0.29, 0.717) is 0 Å². The lowest BCUT2D eigenvalue weighted by molar-refractivity contribution is 0.381. The van der Waals surface area contributed by atoms with Crippen LogP contribution in [0.15, 0.2) is 24.3 Å². The lowest BCUT2D eigenvalue weighted by Gasteiger charge is -2.08. The first kappa shape index (κ1) is 20.8. The van der Waals surface area contributed by atoms with Crippen molar-refractivity contribution in [1.82, 2.24) is 0 Å². The van der Waals surface area contributed by atoms with Crippen LogP contribution in [0, 0.1) is 45.7 Å². The Balaban J connectivity index is 0.000000772. The van der Waals surface area contributed by atoms with E-state index < -0.39 is 46.0 Å². The summed E-state index contributed by atoms with van der Waals surface area (Å²) in [7, 11) is 0. The summed E-state index contributed by atoms with van der Waals surface area (Å²) >= 11 is 0. The Bertz CT molecular complexity index is 757. The summed E-state index contributed by atoms with van der Waals surface area (Å²) in [6.07, 6.45) is 1.50. The van der Waals surface area contributed by atoms with Crippen LogP contribution in [-0.4, -0.2) is 12.2 Å². The molecular weight excluding hydrogens is 342 g/mol. The predicted molar refractivity (Wildman–Crippen MR) is 68.5 cm³/mol. The number of rotatable bonds is 1. The summed E-state index contributed by atoms with van der Waals surface area (Å²) in [4.78, 5) is 16.7. The van der Waals surface area contributed by atoms with Crippen LogP contribution < -0.4 is 0 Å². The Labute approximate surface area is 130 Å². The molecule has 24 heavy (non-hydrogen) atoms. The van der Waals surface area contributed by atoms with Crippen molar-refractivity contribution in [2.24, 2.45) is 0 Å². The average Bonchev–Trinajstić information content (AvgIpc) is 2.54. The van der Waals surface area contributed by atoms with E-state index in [4.69, 9.17) is 20.4 Å². The van der Waals surface area contributed by atoms with Gasteiger partial charge in [0.25, 0.3) is 0 Å². The van der Waals surface area contributed by atoms with E-state index in [1.165, 1.54) is 12.1 Å². The third-order valence-electron chi connectivity index (χ3n) is 2.35. The van der Waals surface area contributed by atoms with E-state index in [1.807, 2.05) is 0 Å². The second-order valence-electron chi connectivity index (χ2n) is 3.63. The van der Waals surface area contributed by atoms with E-state index in [0.717, 1.165) is 24.3 Å². The Hall–Kier alpha value is -3.22. The van der Waals surface area contributed by atoms with Gasteiger partial charge in [-0.25, -0.2) is 46.8 Å². The molecule has 2 aromatic carbocycles. The van der Waals surface area contributed by atoms with Crippen molar-refractivity contribution in [3.05, 3.63) is 59.2 Å². The summed E-state index contributed by atoms with van der Waals surface area (Å²) in [5, 5.41) is 10.8.